The minimum atomic E-state index is 0. The van der Waals surface area contributed by atoms with Gasteiger partial charge in [0.05, 0.1) is 0 Å². The molecule has 0 nitrogen and oxygen atoms in total. The van der Waals surface area contributed by atoms with Crippen LogP contribution in [0.2, 0.25) is 0 Å². The summed E-state index contributed by atoms with van der Waals surface area (Å²) in [5.74, 6) is 0.554. The Hall–Kier alpha value is 0.544. The van der Waals surface area contributed by atoms with Crippen LogP contribution in [0.4, 0.5) is 0 Å². The molecule has 1 aliphatic rings. The Morgan fingerprint density at radius 2 is 1.16 bits per heavy atom. The molecule has 0 aromatic heterocycles. The van der Waals surface area contributed by atoms with Crippen LogP contribution in [0.5, 0.6) is 0 Å². The maximum atomic E-state index is 3.54. The molecular weight excluding hydrogens is 334 g/mol. The fourth-order valence-corrected chi connectivity index (χ4v) is 2.57. The largest absolute Gasteiger partial charge is 4.00 e. The zero-order chi connectivity index (χ0) is 11.3. The van der Waals surface area contributed by atoms with Crippen LogP contribution in [0.25, 0.3) is 0 Å². The van der Waals surface area contributed by atoms with Gasteiger partial charge in [-0.3, -0.25) is 0 Å². The van der Waals surface area contributed by atoms with Crippen LogP contribution >= 0.6 is 0 Å². The molecule has 0 spiro atoms. The molecule has 0 bridgehead atoms. The van der Waals surface area contributed by atoms with E-state index in [9.17, 15) is 0 Å². The summed E-state index contributed by atoms with van der Waals surface area (Å²) in [6.07, 6.45) is 3.54. The maximum Gasteiger partial charge on any atom is 4.00 e. The molecule has 1 aliphatic carbocycles. The molecule has 0 fully saturated rings. The molecule has 1 aromatic carbocycles. The summed E-state index contributed by atoms with van der Waals surface area (Å²) in [5, 5.41) is 0. The number of hydrogen-bond acceptors (Lipinski definition) is 0. The molecule has 0 amide bonds. The zero-order valence-corrected chi connectivity index (χ0v) is 16.0. The zero-order valence-electron chi connectivity index (χ0n) is 12.2. The third-order valence-corrected chi connectivity index (χ3v) is 4.14. The minimum Gasteiger partial charge on any atom is -1.00 e. The first-order valence-corrected chi connectivity index (χ1v) is 5.65. The molecule has 1 atom stereocenters. The molecule has 104 valence electrons. The van der Waals surface area contributed by atoms with Crippen molar-refractivity contribution in [3.63, 3.8) is 0 Å². The average Bonchev–Trinajstić information content (AvgIpc) is 2.50. The van der Waals surface area contributed by atoms with Gasteiger partial charge >= 0.3 is 21.7 Å². The van der Waals surface area contributed by atoms with Gasteiger partial charge in [0.2, 0.25) is 0 Å². The summed E-state index contributed by atoms with van der Waals surface area (Å²) in [6.45, 7) is 13.4. The third-order valence-electron chi connectivity index (χ3n) is 4.14. The van der Waals surface area contributed by atoms with E-state index in [4.69, 9.17) is 0 Å². The first kappa shape index (κ1) is 24.6. The Labute approximate surface area is 150 Å². The summed E-state index contributed by atoms with van der Waals surface area (Å²) in [4.78, 5) is 0. The van der Waals surface area contributed by atoms with Crippen molar-refractivity contribution >= 4 is 0 Å². The van der Waals surface area contributed by atoms with E-state index in [0.717, 1.165) is 0 Å². The first-order chi connectivity index (χ1) is 6.95. The maximum absolute atomic E-state index is 3.54. The predicted molar refractivity (Wildman–Crippen MR) is 65.3 cm³/mol. The SMILES string of the molecule is CC1=[C-]c2c(C)c(C)c(C)c(C)c2C1C.[Cl-].[Cl-].[Cl-].[Ti+4]. The molecule has 1 aromatic rings. The van der Waals surface area contributed by atoms with Crippen molar-refractivity contribution in [3.8, 4) is 0 Å². The molecule has 0 saturated heterocycles. The second kappa shape index (κ2) is 8.75. The Balaban J connectivity index is -0.000000640. The van der Waals surface area contributed by atoms with E-state index in [1.165, 1.54) is 39.0 Å². The van der Waals surface area contributed by atoms with Gasteiger partial charge in [-0.1, -0.05) is 46.1 Å². The van der Waals surface area contributed by atoms with Crippen LogP contribution in [0.15, 0.2) is 5.57 Å². The Morgan fingerprint density at radius 3 is 1.63 bits per heavy atom. The van der Waals surface area contributed by atoms with Crippen LogP contribution in [0, 0.1) is 33.8 Å². The topological polar surface area (TPSA) is 0 Å². The minimum absolute atomic E-state index is 0. The van der Waals surface area contributed by atoms with E-state index in [2.05, 4.69) is 47.6 Å². The van der Waals surface area contributed by atoms with E-state index < -0.39 is 0 Å². The quantitative estimate of drug-likeness (QED) is 0.324. The number of fused-ring (bicyclic) bond motifs is 1. The van der Waals surface area contributed by atoms with Gasteiger partial charge < -0.3 is 37.2 Å². The summed E-state index contributed by atoms with van der Waals surface area (Å²) >= 11 is 0. The van der Waals surface area contributed by atoms with Crippen molar-refractivity contribution < 1.29 is 58.9 Å². The Morgan fingerprint density at radius 1 is 0.737 bits per heavy atom. The molecule has 1 unspecified atom stereocenters. The van der Waals surface area contributed by atoms with Crippen molar-refractivity contribution in [2.75, 3.05) is 0 Å². The average molecular weight is 354 g/mol. The second-order valence-corrected chi connectivity index (χ2v) is 4.82. The van der Waals surface area contributed by atoms with Gasteiger partial charge in [-0.05, 0) is 6.92 Å². The van der Waals surface area contributed by atoms with Gasteiger partial charge in [0.25, 0.3) is 0 Å². The van der Waals surface area contributed by atoms with Crippen LogP contribution < -0.4 is 37.2 Å². The van der Waals surface area contributed by atoms with Gasteiger partial charge in [0.1, 0.15) is 0 Å². The van der Waals surface area contributed by atoms with Gasteiger partial charge in [0, 0.05) is 0 Å². The number of hydrogen-bond donors (Lipinski definition) is 0. The number of halogens is 3. The molecule has 2 rings (SSSR count). The van der Waals surface area contributed by atoms with Crippen LogP contribution in [-0.2, 0) is 21.7 Å². The molecule has 0 aliphatic heterocycles. The summed E-state index contributed by atoms with van der Waals surface area (Å²) in [6, 6.07) is 0. The molecule has 0 heterocycles. The fraction of sp³-hybridized carbons (Fsp3) is 0.467. The van der Waals surface area contributed by atoms with E-state index in [0.29, 0.717) is 5.92 Å². The van der Waals surface area contributed by atoms with Crippen LogP contribution in [0.3, 0.4) is 0 Å². The normalized spacial score (nSPS) is 15.1. The summed E-state index contributed by atoms with van der Waals surface area (Å²) in [7, 11) is 0. The Kier molecular flexibility index (Phi) is 11.3. The van der Waals surface area contributed by atoms with Crippen molar-refractivity contribution in [1.29, 1.82) is 0 Å². The van der Waals surface area contributed by atoms with Gasteiger partial charge in [0.15, 0.2) is 0 Å². The van der Waals surface area contributed by atoms with E-state index in [-0.39, 0.29) is 58.9 Å². The van der Waals surface area contributed by atoms with Crippen LogP contribution in [0.1, 0.15) is 53.1 Å². The number of allylic oxidation sites excluding steroid dienone is 1. The van der Waals surface area contributed by atoms with E-state index in [1.54, 1.807) is 0 Å². The summed E-state index contributed by atoms with van der Waals surface area (Å²) in [5.41, 5.74) is 10.0. The first-order valence-electron chi connectivity index (χ1n) is 5.65. The van der Waals surface area contributed by atoms with Gasteiger partial charge in [-0.25, -0.2) is 0 Å². The van der Waals surface area contributed by atoms with Crippen molar-refractivity contribution in [2.24, 2.45) is 0 Å². The molecular formula is C15H19Cl3Ti. The molecule has 0 N–H and O–H groups in total. The van der Waals surface area contributed by atoms with Gasteiger partial charge in [-0.2, -0.15) is 11.6 Å². The fourth-order valence-electron chi connectivity index (χ4n) is 2.57. The molecule has 4 heteroatoms. The van der Waals surface area contributed by atoms with Crippen molar-refractivity contribution in [3.05, 3.63) is 45.0 Å². The van der Waals surface area contributed by atoms with Crippen molar-refractivity contribution in [1.82, 2.24) is 0 Å². The van der Waals surface area contributed by atoms with Crippen LogP contribution in [-0.4, -0.2) is 0 Å². The molecule has 19 heavy (non-hydrogen) atoms. The predicted octanol–water partition coefficient (Wildman–Crippen LogP) is -4.86. The standard InChI is InChI=1S/C15H19.3ClH.Ti/c1-8-7-14-12(5)10(3)11(4)13(6)15(14)9(8)2;;;;/h9H,1-6H3;3*1H;/q-1;;;;+4/p-3. The smallest absolute Gasteiger partial charge is 1.00 e. The summed E-state index contributed by atoms with van der Waals surface area (Å²) < 4.78 is 0. The third kappa shape index (κ3) is 3.80. The molecule has 0 saturated carbocycles. The monoisotopic (exact) mass is 352 g/mol. The number of rotatable bonds is 0. The number of benzene rings is 1. The van der Waals surface area contributed by atoms with E-state index >= 15 is 0 Å². The van der Waals surface area contributed by atoms with E-state index in [1.807, 2.05) is 0 Å². The molecule has 0 radical (unpaired) electrons. The van der Waals surface area contributed by atoms with Crippen molar-refractivity contribution in [2.45, 2.75) is 47.5 Å². The van der Waals surface area contributed by atoms with Gasteiger partial charge in [-0.15, -0.1) is 27.8 Å². The Bertz CT molecular complexity index is 479. The second-order valence-electron chi connectivity index (χ2n) is 4.82.